The van der Waals surface area contributed by atoms with E-state index >= 15 is 0 Å². The molecule has 5 rings (SSSR count). The van der Waals surface area contributed by atoms with Gasteiger partial charge in [-0.1, -0.05) is 67.2 Å². The molecule has 1 amide bonds. The molecule has 0 saturated heterocycles. The number of hydrogen-bond acceptors (Lipinski definition) is 5. The number of fused-ring (bicyclic) bond motifs is 5. The highest BCUT2D eigenvalue weighted by atomic mass is 32.2. The van der Waals surface area contributed by atoms with Crippen molar-refractivity contribution in [2.24, 2.45) is 46.3 Å². The molecule has 8 atom stereocenters. The van der Waals surface area contributed by atoms with Gasteiger partial charge in [0.1, 0.15) is 5.82 Å². The lowest BCUT2D eigenvalue weighted by Gasteiger charge is -2.62. The second-order valence-electron chi connectivity index (χ2n) is 14.4. The summed E-state index contributed by atoms with van der Waals surface area (Å²) in [6.45, 7) is 18.6. The SMILES string of the molecule is CC.CCCCN(CC)c1ccc(SNC(=O)OCCC2CCC3C4C[C@H](CC)C5CCCCC5(C)[C@H]4CCC23C)cn1. The summed E-state index contributed by atoms with van der Waals surface area (Å²) >= 11 is 1.29. The average molecular weight is 614 g/mol. The van der Waals surface area contributed by atoms with Gasteiger partial charge in [-0.2, -0.15) is 0 Å². The number of hydrogen-bond donors (Lipinski definition) is 1. The maximum absolute atomic E-state index is 12.5. The largest absolute Gasteiger partial charge is 0.449 e. The molecule has 0 aliphatic heterocycles. The Morgan fingerprint density at radius 1 is 1.02 bits per heavy atom. The zero-order valence-corrected chi connectivity index (χ0v) is 29.4. The molecule has 0 spiro atoms. The molecule has 6 unspecified atom stereocenters. The van der Waals surface area contributed by atoms with E-state index in [1.54, 1.807) is 0 Å². The Morgan fingerprint density at radius 2 is 1.81 bits per heavy atom. The summed E-state index contributed by atoms with van der Waals surface area (Å²) in [5.74, 6) is 6.31. The third-order valence-electron chi connectivity index (χ3n) is 12.6. The molecule has 0 aromatic carbocycles. The van der Waals surface area contributed by atoms with E-state index in [2.05, 4.69) is 49.2 Å². The average Bonchev–Trinajstić information content (AvgIpc) is 3.37. The van der Waals surface area contributed by atoms with Crippen molar-refractivity contribution in [1.29, 1.82) is 0 Å². The maximum Gasteiger partial charge on any atom is 0.417 e. The lowest BCUT2D eigenvalue weighted by molar-refractivity contribution is -0.136. The van der Waals surface area contributed by atoms with E-state index in [9.17, 15) is 4.79 Å². The van der Waals surface area contributed by atoms with Gasteiger partial charge in [-0.3, -0.25) is 4.72 Å². The van der Waals surface area contributed by atoms with Crippen LogP contribution in [0, 0.1) is 46.3 Å². The van der Waals surface area contributed by atoms with Gasteiger partial charge in [0.25, 0.3) is 0 Å². The predicted octanol–water partition coefficient (Wildman–Crippen LogP) is 10.5. The minimum absolute atomic E-state index is 0.338. The zero-order chi connectivity index (χ0) is 31.0. The van der Waals surface area contributed by atoms with E-state index in [0.29, 0.717) is 23.4 Å². The second kappa shape index (κ2) is 15.7. The molecular weight excluding hydrogens is 550 g/mol. The van der Waals surface area contributed by atoms with Crippen molar-refractivity contribution in [2.75, 3.05) is 24.6 Å². The predicted molar refractivity (Wildman–Crippen MR) is 182 cm³/mol. The Kier molecular flexibility index (Phi) is 12.6. The van der Waals surface area contributed by atoms with Crippen LogP contribution in [0.5, 0.6) is 0 Å². The lowest BCUT2D eigenvalue weighted by Crippen LogP contribution is -2.55. The number of carbonyl (C=O) groups excluding carboxylic acids is 1. The normalized spacial score (nSPS) is 34.6. The van der Waals surface area contributed by atoms with Crippen molar-refractivity contribution in [2.45, 2.75) is 137 Å². The first kappa shape index (κ1) is 34.4. The van der Waals surface area contributed by atoms with Crippen LogP contribution in [0.15, 0.2) is 23.2 Å². The van der Waals surface area contributed by atoms with Crippen molar-refractivity contribution in [1.82, 2.24) is 9.71 Å². The number of unbranched alkanes of at least 4 members (excludes halogenated alkanes) is 1. The molecule has 244 valence electrons. The van der Waals surface area contributed by atoms with Crippen LogP contribution in [0.1, 0.15) is 132 Å². The van der Waals surface area contributed by atoms with Crippen LogP contribution in [0.4, 0.5) is 10.6 Å². The van der Waals surface area contributed by atoms with Crippen LogP contribution in [0.25, 0.3) is 0 Å². The van der Waals surface area contributed by atoms with Gasteiger partial charge in [0, 0.05) is 24.2 Å². The third-order valence-corrected chi connectivity index (χ3v) is 13.4. The quantitative estimate of drug-likeness (QED) is 0.252. The van der Waals surface area contributed by atoms with Gasteiger partial charge < -0.3 is 9.64 Å². The molecule has 1 heterocycles. The Bertz CT molecular complexity index is 1000. The summed E-state index contributed by atoms with van der Waals surface area (Å²) in [5.41, 5.74) is 1.00. The molecule has 0 bridgehead atoms. The van der Waals surface area contributed by atoms with E-state index in [0.717, 1.165) is 59.8 Å². The first-order valence-corrected chi connectivity index (χ1v) is 19.0. The molecule has 1 aromatic heterocycles. The molecule has 4 saturated carbocycles. The Balaban J connectivity index is 0.00000207. The number of nitrogens with zero attached hydrogens (tertiary/aromatic N) is 2. The third kappa shape index (κ3) is 7.36. The maximum atomic E-state index is 12.5. The summed E-state index contributed by atoms with van der Waals surface area (Å²) in [5, 5.41) is 0. The van der Waals surface area contributed by atoms with Gasteiger partial charge in [0.15, 0.2) is 0 Å². The van der Waals surface area contributed by atoms with Gasteiger partial charge in [0.2, 0.25) is 0 Å². The first-order chi connectivity index (χ1) is 20.8. The first-order valence-electron chi connectivity index (χ1n) is 18.1. The van der Waals surface area contributed by atoms with Crippen LogP contribution in [-0.2, 0) is 4.74 Å². The van der Waals surface area contributed by atoms with Crippen LogP contribution in [0.3, 0.4) is 0 Å². The van der Waals surface area contributed by atoms with Gasteiger partial charge in [0.05, 0.1) is 6.61 Å². The number of amides is 1. The van der Waals surface area contributed by atoms with Gasteiger partial charge >= 0.3 is 6.09 Å². The van der Waals surface area contributed by atoms with Crippen molar-refractivity contribution in [3.63, 3.8) is 0 Å². The smallest absolute Gasteiger partial charge is 0.417 e. The molecule has 0 radical (unpaired) electrons. The molecule has 4 aliphatic carbocycles. The molecule has 1 N–H and O–H groups in total. The highest BCUT2D eigenvalue weighted by molar-refractivity contribution is 7.98. The van der Waals surface area contributed by atoms with Crippen LogP contribution >= 0.6 is 11.9 Å². The topological polar surface area (TPSA) is 54.5 Å². The highest BCUT2D eigenvalue weighted by Gasteiger charge is 2.61. The van der Waals surface area contributed by atoms with Crippen molar-refractivity contribution in [3.8, 4) is 0 Å². The zero-order valence-electron chi connectivity index (χ0n) is 28.6. The van der Waals surface area contributed by atoms with Crippen molar-refractivity contribution >= 4 is 23.9 Å². The monoisotopic (exact) mass is 613 g/mol. The van der Waals surface area contributed by atoms with Crippen LogP contribution < -0.4 is 9.62 Å². The fourth-order valence-corrected chi connectivity index (χ4v) is 10.9. The van der Waals surface area contributed by atoms with Crippen molar-refractivity contribution in [3.05, 3.63) is 18.3 Å². The molecule has 6 heteroatoms. The van der Waals surface area contributed by atoms with E-state index in [1.165, 1.54) is 89.0 Å². The van der Waals surface area contributed by atoms with E-state index in [-0.39, 0.29) is 6.09 Å². The summed E-state index contributed by atoms with van der Waals surface area (Å²) < 4.78 is 8.57. The molecule has 4 aliphatic rings. The molecular formula is C37H63N3O2S. The lowest BCUT2D eigenvalue weighted by atomic mass is 9.42. The van der Waals surface area contributed by atoms with E-state index < -0.39 is 0 Å². The molecule has 43 heavy (non-hydrogen) atoms. The summed E-state index contributed by atoms with van der Waals surface area (Å²) in [7, 11) is 0. The summed E-state index contributed by atoms with van der Waals surface area (Å²) in [6, 6.07) is 4.08. The molecule has 4 fully saturated rings. The van der Waals surface area contributed by atoms with Crippen molar-refractivity contribution < 1.29 is 9.53 Å². The fourth-order valence-electron chi connectivity index (χ4n) is 10.4. The standard InChI is InChI=1S/C35H57N3O2S.C2H6/c1-6-9-21-38(8-3)32-16-14-27(24-36-32)41-37-33(39)40-22-18-26-13-15-30-28-23-25(7-2)29-12-10-11-19-35(29,5)31(28)17-20-34(26,30)4;1-2/h14,16,24-26,28-31H,6-13,15,17-23H2,1-5H3,(H,37,39);1-2H3/t25-,26?,28?,29?,30?,31-,34?,35?;/m0./s1. The van der Waals surface area contributed by atoms with Gasteiger partial charge in [-0.05, 0) is 135 Å². The molecule has 1 aromatic rings. The Morgan fingerprint density at radius 3 is 2.51 bits per heavy atom. The van der Waals surface area contributed by atoms with Gasteiger partial charge in [-0.15, -0.1) is 0 Å². The van der Waals surface area contributed by atoms with E-state index in [4.69, 9.17) is 4.74 Å². The number of rotatable bonds is 11. The number of nitrogens with one attached hydrogen (secondary N) is 1. The summed E-state index contributed by atoms with van der Waals surface area (Å²) in [4.78, 5) is 20.4. The molecule has 5 nitrogen and oxygen atoms in total. The Hall–Kier alpha value is -1.43. The highest BCUT2D eigenvalue weighted by Crippen LogP contribution is 2.69. The second-order valence-corrected chi connectivity index (χ2v) is 15.3. The van der Waals surface area contributed by atoms with E-state index in [1.807, 2.05) is 32.2 Å². The summed E-state index contributed by atoms with van der Waals surface area (Å²) in [6.07, 6.45) is 19.1. The Labute approximate surface area is 268 Å². The minimum atomic E-state index is -0.338. The van der Waals surface area contributed by atoms with Gasteiger partial charge in [-0.25, -0.2) is 9.78 Å². The number of pyridine rings is 1. The number of aromatic nitrogens is 1. The number of carbonyl (C=O) groups is 1. The number of anilines is 1. The van der Waals surface area contributed by atoms with Crippen LogP contribution in [-0.4, -0.2) is 30.8 Å². The minimum Gasteiger partial charge on any atom is -0.449 e. The number of ether oxygens (including phenoxy) is 1. The fraction of sp³-hybridized carbons (Fsp3) is 0.838. The van der Waals surface area contributed by atoms with Crippen LogP contribution in [0.2, 0.25) is 0 Å².